The quantitative estimate of drug-likeness (QED) is 0.582. The molecule has 1 aromatic rings. The number of aryl methyl sites for hydroxylation is 3. The Bertz CT molecular complexity index is 371. The maximum Gasteiger partial charge on any atom is 0.373 e. The predicted molar refractivity (Wildman–Crippen MR) is 62.3 cm³/mol. The molecule has 0 saturated carbocycles. The van der Waals surface area contributed by atoms with Crippen LogP contribution in [-0.2, 0) is 9.78 Å². The fourth-order valence-corrected chi connectivity index (χ4v) is 1.68. The van der Waals surface area contributed by atoms with Crippen molar-refractivity contribution in [2.24, 2.45) is 0 Å². The number of rotatable bonds is 3. The number of hydrogen-bond donors (Lipinski definition) is 0. The summed E-state index contributed by atoms with van der Waals surface area (Å²) in [5, 5.41) is 0. The molecule has 0 heterocycles. The molecule has 0 N–H and O–H groups in total. The van der Waals surface area contributed by atoms with Gasteiger partial charge in [0.25, 0.3) is 0 Å². The van der Waals surface area contributed by atoms with Gasteiger partial charge in [0.05, 0.1) is 11.7 Å². The summed E-state index contributed by atoms with van der Waals surface area (Å²) < 4.78 is 0. The molecule has 0 saturated heterocycles. The van der Waals surface area contributed by atoms with Crippen LogP contribution in [0.15, 0.2) is 12.1 Å². The lowest BCUT2D eigenvalue weighted by Gasteiger charge is -2.11. The summed E-state index contributed by atoms with van der Waals surface area (Å²) in [6, 6.07) is 3.91. The highest BCUT2D eigenvalue weighted by atomic mass is 17.2. The molecule has 0 amide bonds. The third-order valence-electron chi connectivity index (χ3n) is 2.20. The zero-order valence-electron chi connectivity index (χ0n) is 10.5. The van der Waals surface area contributed by atoms with Crippen LogP contribution >= 0.6 is 0 Å². The fraction of sp³-hybridized carbons (Fsp3) is 0.462. The van der Waals surface area contributed by atoms with Gasteiger partial charge in [-0.15, -0.1) is 0 Å². The Balaban J connectivity index is 2.91. The van der Waals surface area contributed by atoms with Crippen LogP contribution in [0.2, 0.25) is 0 Å². The van der Waals surface area contributed by atoms with Gasteiger partial charge < -0.3 is 0 Å². The molecule has 0 aliphatic rings. The summed E-state index contributed by atoms with van der Waals surface area (Å²) in [5.41, 5.74) is 3.55. The minimum atomic E-state index is -0.427. The molecule has 88 valence electrons. The molecule has 0 aromatic heterocycles. The summed E-state index contributed by atoms with van der Waals surface area (Å²) in [6.07, 6.45) is -0.130. The molecule has 3 nitrogen and oxygen atoms in total. The standard InChI is InChI=1S/C13H18O3/c1-8(2)15-16-13(14)12-10(4)6-9(3)7-11(12)5/h6-8H,1-5H3. The summed E-state index contributed by atoms with van der Waals surface area (Å²) in [5.74, 6) is -0.427. The molecule has 3 heteroatoms. The lowest BCUT2D eigenvalue weighted by molar-refractivity contribution is -0.265. The number of hydrogen-bond acceptors (Lipinski definition) is 3. The van der Waals surface area contributed by atoms with E-state index in [2.05, 4.69) is 0 Å². The van der Waals surface area contributed by atoms with E-state index < -0.39 is 5.97 Å². The van der Waals surface area contributed by atoms with E-state index in [1.165, 1.54) is 0 Å². The molecule has 16 heavy (non-hydrogen) atoms. The van der Waals surface area contributed by atoms with Crippen LogP contribution in [0, 0.1) is 20.8 Å². The Kier molecular flexibility index (Phi) is 4.07. The third kappa shape index (κ3) is 3.07. The van der Waals surface area contributed by atoms with Crippen molar-refractivity contribution in [1.29, 1.82) is 0 Å². The van der Waals surface area contributed by atoms with Crippen molar-refractivity contribution in [3.05, 3.63) is 34.4 Å². The third-order valence-corrected chi connectivity index (χ3v) is 2.20. The first-order chi connectivity index (χ1) is 7.41. The van der Waals surface area contributed by atoms with Gasteiger partial charge >= 0.3 is 5.97 Å². The van der Waals surface area contributed by atoms with Crippen LogP contribution in [0.3, 0.4) is 0 Å². The minimum Gasteiger partial charge on any atom is -0.293 e. The Morgan fingerprint density at radius 3 is 2.06 bits per heavy atom. The zero-order chi connectivity index (χ0) is 12.3. The van der Waals surface area contributed by atoms with Crippen molar-refractivity contribution < 1.29 is 14.6 Å². The largest absolute Gasteiger partial charge is 0.373 e. The molecule has 1 rings (SSSR count). The van der Waals surface area contributed by atoms with Crippen molar-refractivity contribution in [2.75, 3.05) is 0 Å². The first-order valence-electron chi connectivity index (χ1n) is 5.37. The average molecular weight is 222 g/mol. The molecule has 0 aliphatic carbocycles. The smallest absolute Gasteiger partial charge is 0.293 e. The number of carbonyl (C=O) groups is 1. The van der Waals surface area contributed by atoms with Crippen molar-refractivity contribution in [3.63, 3.8) is 0 Å². The minimum absolute atomic E-state index is 0.130. The van der Waals surface area contributed by atoms with Gasteiger partial charge in [-0.05, 0) is 45.7 Å². The topological polar surface area (TPSA) is 35.5 Å². The summed E-state index contributed by atoms with van der Waals surface area (Å²) in [6.45, 7) is 9.40. The van der Waals surface area contributed by atoms with Crippen molar-refractivity contribution in [3.8, 4) is 0 Å². The Morgan fingerprint density at radius 2 is 1.62 bits per heavy atom. The predicted octanol–water partition coefficient (Wildman–Crippen LogP) is 3.11. The molecular formula is C13H18O3. The monoisotopic (exact) mass is 222 g/mol. The molecular weight excluding hydrogens is 204 g/mol. The lowest BCUT2D eigenvalue weighted by atomic mass is 10.0. The van der Waals surface area contributed by atoms with Gasteiger partial charge in [0.2, 0.25) is 0 Å². The average Bonchev–Trinajstić information content (AvgIpc) is 2.12. The van der Waals surface area contributed by atoms with Gasteiger partial charge in [0, 0.05) is 0 Å². The van der Waals surface area contributed by atoms with Crippen LogP contribution in [0.25, 0.3) is 0 Å². The van der Waals surface area contributed by atoms with E-state index in [4.69, 9.17) is 9.78 Å². The first-order valence-corrected chi connectivity index (χ1v) is 5.37. The Hall–Kier alpha value is -1.35. The highest BCUT2D eigenvalue weighted by Gasteiger charge is 2.15. The first kappa shape index (κ1) is 12.7. The number of carbonyl (C=O) groups excluding carboxylic acids is 1. The second-order valence-corrected chi connectivity index (χ2v) is 4.29. The lowest BCUT2D eigenvalue weighted by Crippen LogP contribution is -2.13. The van der Waals surface area contributed by atoms with Crippen LogP contribution in [0.5, 0.6) is 0 Å². The van der Waals surface area contributed by atoms with E-state index in [1.807, 2.05) is 46.8 Å². The van der Waals surface area contributed by atoms with Crippen LogP contribution in [0.4, 0.5) is 0 Å². The molecule has 0 fully saturated rings. The molecule has 0 atom stereocenters. The highest BCUT2D eigenvalue weighted by molar-refractivity contribution is 5.92. The van der Waals surface area contributed by atoms with Gasteiger partial charge in [0.1, 0.15) is 0 Å². The zero-order valence-corrected chi connectivity index (χ0v) is 10.5. The summed E-state index contributed by atoms with van der Waals surface area (Å²) >= 11 is 0. The van der Waals surface area contributed by atoms with E-state index in [0.717, 1.165) is 16.7 Å². The SMILES string of the molecule is Cc1cc(C)c(C(=O)OOC(C)C)c(C)c1. The van der Waals surface area contributed by atoms with E-state index in [9.17, 15) is 4.79 Å². The van der Waals surface area contributed by atoms with Gasteiger partial charge in [0.15, 0.2) is 0 Å². The van der Waals surface area contributed by atoms with Crippen molar-refractivity contribution in [2.45, 2.75) is 40.7 Å². The van der Waals surface area contributed by atoms with E-state index >= 15 is 0 Å². The van der Waals surface area contributed by atoms with Crippen molar-refractivity contribution >= 4 is 5.97 Å². The molecule has 0 spiro atoms. The second kappa shape index (κ2) is 5.12. The summed E-state index contributed by atoms with van der Waals surface area (Å²) in [4.78, 5) is 21.4. The Morgan fingerprint density at radius 1 is 1.12 bits per heavy atom. The van der Waals surface area contributed by atoms with E-state index in [1.54, 1.807) is 0 Å². The van der Waals surface area contributed by atoms with Crippen molar-refractivity contribution in [1.82, 2.24) is 0 Å². The molecule has 1 aromatic carbocycles. The molecule has 0 aliphatic heterocycles. The summed E-state index contributed by atoms with van der Waals surface area (Å²) in [7, 11) is 0. The fourth-order valence-electron chi connectivity index (χ4n) is 1.68. The molecule has 0 radical (unpaired) electrons. The van der Waals surface area contributed by atoms with E-state index in [-0.39, 0.29) is 6.10 Å². The van der Waals surface area contributed by atoms with Gasteiger partial charge in [-0.1, -0.05) is 17.7 Å². The second-order valence-electron chi connectivity index (χ2n) is 4.29. The van der Waals surface area contributed by atoms with Crippen LogP contribution < -0.4 is 0 Å². The maximum atomic E-state index is 11.8. The molecule has 0 unspecified atom stereocenters. The van der Waals surface area contributed by atoms with Gasteiger partial charge in [-0.25, -0.2) is 4.79 Å². The highest BCUT2D eigenvalue weighted by Crippen LogP contribution is 2.17. The van der Waals surface area contributed by atoms with Crippen LogP contribution in [0.1, 0.15) is 40.9 Å². The van der Waals surface area contributed by atoms with Gasteiger partial charge in [-0.2, -0.15) is 4.89 Å². The Labute approximate surface area is 96.3 Å². The number of benzene rings is 1. The molecule has 0 bridgehead atoms. The van der Waals surface area contributed by atoms with Crippen LogP contribution in [-0.4, -0.2) is 12.1 Å². The van der Waals surface area contributed by atoms with E-state index in [0.29, 0.717) is 5.56 Å². The maximum absolute atomic E-state index is 11.8. The normalized spacial score (nSPS) is 10.6. The van der Waals surface area contributed by atoms with Gasteiger partial charge in [-0.3, -0.25) is 4.89 Å².